The topological polar surface area (TPSA) is 26.3 Å². The molecule has 2 heteroatoms. The molecule has 0 radical (unpaired) electrons. The van der Waals surface area contributed by atoms with Crippen LogP contribution in [0, 0.1) is 0 Å². The minimum atomic E-state index is 0.903. The first-order chi connectivity index (χ1) is 24.8. The zero-order chi connectivity index (χ0) is 32.8. The molecule has 0 atom stereocenters. The Bertz CT molecular complexity index is 3100. The molecule has 9 aromatic carbocycles. The summed E-state index contributed by atoms with van der Waals surface area (Å²) in [5.74, 6) is 0. The lowest BCUT2D eigenvalue weighted by Crippen LogP contribution is -1.92. The average Bonchev–Trinajstić information content (AvgIpc) is 3.75. The van der Waals surface area contributed by atoms with Crippen LogP contribution in [-0.2, 0) is 0 Å². The Labute approximate surface area is 287 Å². The average molecular weight is 637 g/mol. The first kappa shape index (κ1) is 27.3. The fourth-order valence-corrected chi connectivity index (χ4v) is 8.30. The Morgan fingerprint density at radius 1 is 0.280 bits per heavy atom. The van der Waals surface area contributed by atoms with E-state index in [-0.39, 0.29) is 0 Å². The second kappa shape index (κ2) is 10.4. The lowest BCUT2D eigenvalue weighted by atomic mass is 9.83. The maximum Gasteiger partial charge on any atom is 0.143 e. The number of rotatable bonds is 3. The van der Waals surface area contributed by atoms with Gasteiger partial charge in [-0.1, -0.05) is 146 Å². The van der Waals surface area contributed by atoms with Crippen molar-refractivity contribution < 1.29 is 8.83 Å². The van der Waals surface area contributed by atoms with Gasteiger partial charge in [0, 0.05) is 38.2 Å². The van der Waals surface area contributed by atoms with Gasteiger partial charge in [0.25, 0.3) is 0 Å². The smallest absolute Gasteiger partial charge is 0.143 e. The lowest BCUT2D eigenvalue weighted by Gasteiger charge is -2.19. The first-order valence-electron chi connectivity index (χ1n) is 17.1. The van der Waals surface area contributed by atoms with Gasteiger partial charge in [0.1, 0.15) is 22.3 Å². The Morgan fingerprint density at radius 2 is 0.780 bits per heavy atom. The van der Waals surface area contributed by atoms with Gasteiger partial charge in [-0.2, -0.15) is 0 Å². The molecule has 0 aliphatic rings. The zero-order valence-corrected chi connectivity index (χ0v) is 27.0. The first-order valence-corrected chi connectivity index (χ1v) is 17.1. The SMILES string of the molecule is c1cc(-c2c3ccccc3c(-c3c4ccccc4cc4c3oc3ccccc34)c3ccccc23)cc(-c2cccc3c2oc2ccccc23)c1. The highest BCUT2D eigenvalue weighted by Crippen LogP contribution is 2.49. The minimum Gasteiger partial charge on any atom is -0.455 e. The van der Waals surface area contributed by atoms with Gasteiger partial charge in [0.15, 0.2) is 0 Å². The van der Waals surface area contributed by atoms with E-state index in [4.69, 9.17) is 8.83 Å². The van der Waals surface area contributed by atoms with Crippen LogP contribution < -0.4 is 0 Å². The van der Waals surface area contributed by atoms with Gasteiger partial charge in [-0.3, -0.25) is 0 Å². The molecule has 11 rings (SSSR count). The highest BCUT2D eigenvalue weighted by atomic mass is 16.3. The maximum absolute atomic E-state index is 6.77. The van der Waals surface area contributed by atoms with E-state index in [9.17, 15) is 0 Å². The molecular weight excluding hydrogens is 609 g/mol. The van der Waals surface area contributed by atoms with E-state index in [0.29, 0.717) is 0 Å². The predicted molar refractivity (Wildman–Crippen MR) is 210 cm³/mol. The predicted octanol–water partition coefficient (Wildman–Crippen LogP) is 13.9. The van der Waals surface area contributed by atoms with Crippen LogP contribution in [0.5, 0.6) is 0 Å². The molecule has 0 saturated heterocycles. The van der Waals surface area contributed by atoms with Crippen LogP contribution in [0.25, 0.3) is 110 Å². The van der Waals surface area contributed by atoms with Gasteiger partial charge in [0.2, 0.25) is 0 Å². The molecule has 0 N–H and O–H groups in total. The van der Waals surface area contributed by atoms with Gasteiger partial charge < -0.3 is 8.83 Å². The molecule has 0 aliphatic heterocycles. The van der Waals surface area contributed by atoms with Gasteiger partial charge in [-0.15, -0.1) is 0 Å². The summed E-state index contributed by atoms with van der Waals surface area (Å²) >= 11 is 0. The summed E-state index contributed by atoms with van der Waals surface area (Å²) in [5.41, 5.74) is 10.6. The normalized spacial score (nSPS) is 12.0. The van der Waals surface area contributed by atoms with E-state index in [1.165, 1.54) is 49.0 Å². The van der Waals surface area contributed by atoms with Crippen molar-refractivity contribution in [1.29, 1.82) is 0 Å². The highest BCUT2D eigenvalue weighted by Gasteiger charge is 2.23. The molecule has 0 bridgehead atoms. The van der Waals surface area contributed by atoms with Crippen LogP contribution in [0.1, 0.15) is 0 Å². The van der Waals surface area contributed by atoms with E-state index < -0.39 is 0 Å². The molecule has 11 aromatic rings. The quantitative estimate of drug-likeness (QED) is 0.180. The number of fused-ring (bicyclic) bond motifs is 9. The van der Waals surface area contributed by atoms with Gasteiger partial charge in [-0.25, -0.2) is 0 Å². The molecule has 0 fully saturated rings. The molecule has 2 heterocycles. The van der Waals surface area contributed by atoms with Crippen molar-refractivity contribution in [3.05, 3.63) is 170 Å². The molecule has 0 saturated carbocycles. The van der Waals surface area contributed by atoms with Crippen molar-refractivity contribution in [2.75, 3.05) is 0 Å². The minimum absolute atomic E-state index is 0.903. The van der Waals surface area contributed by atoms with E-state index in [1.807, 2.05) is 18.2 Å². The van der Waals surface area contributed by atoms with E-state index in [0.717, 1.165) is 60.6 Å². The molecule has 232 valence electrons. The monoisotopic (exact) mass is 636 g/mol. The summed E-state index contributed by atoms with van der Waals surface area (Å²) < 4.78 is 13.2. The summed E-state index contributed by atoms with van der Waals surface area (Å²) in [7, 11) is 0. The van der Waals surface area contributed by atoms with Crippen LogP contribution in [0.15, 0.2) is 179 Å². The number of hydrogen-bond donors (Lipinski definition) is 0. The summed E-state index contributed by atoms with van der Waals surface area (Å²) in [6.07, 6.45) is 0. The van der Waals surface area contributed by atoms with Crippen molar-refractivity contribution in [2.45, 2.75) is 0 Å². The second-order valence-electron chi connectivity index (χ2n) is 13.2. The van der Waals surface area contributed by atoms with Crippen molar-refractivity contribution in [2.24, 2.45) is 0 Å². The number of hydrogen-bond acceptors (Lipinski definition) is 2. The fraction of sp³-hybridized carbons (Fsp3) is 0. The molecule has 2 nitrogen and oxygen atoms in total. The lowest BCUT2D eigenvalue weighted by molar-refractivity contribution is 0.670. The number of para-hydroxylation sites is 3. The van der Waals surface area contributed by atoms with Crippen molar-refractivity contribution >= 4 is 76.2 Å². The third-order valence-electron chi connectivity index (χ3n) is 10.4. The van der Waals surface area contributed by atoms with Crippen LogP contribution in [0.4, 0.5) is 0 Å². The van der Waals surface area contributed by atoms with Gasteiger partial charge in [0.05, 0.1) is 0 Å². The molecule has 2 aromatic heterocycles. The molecule has 50 heavy (non-hydrogen) atoms. The summed E-state index contributed by atoms with van der Waals surface area (Å²) in [5, 5.41) is 11.7. The fourth-order valence-electron chi connectivity index (χ4n) is 8.30. The van der Waals surface area contributed by atoms with E-state index in [1.54, 1.807) is 0 Å². The van der Waals surface area contributed by atoms with Crippen LogP contribution >= 0.6 is 0 Å². The maximum atomic E-state index is 6.77. The molecule has 0 amide bonds. The highest BCUT2D eigenvalue weighted by molar-refractivity contribution is 6.28. The molecule has 0 unspecified atom stereocenters. The van der Waals surface area contributed by atoms with Gasteiger partial charge >= 0.3 is 0 Å². The third-order valence-corrected chi connectivity index (χ3v) is 10.4. The summed E-state index contributed by atoms with van der Waals surface area (Å²) in [6.45, 7) is 0. The number of furan rings is 2. The van der Waals surface area contributed by atoms with Crippen molar-refractivity contribution in [3.8, 4) is 33.4 Å². The molecule has 0 spiro atoms. The third kappa shape index (κ3) is 3.85. The van der Waals surface area contributed by atoms with E-state index in [2.05, 4.69) is 152 Å². The number of benzene rings is 9. The summed E-state index contributed by atoms with van der Waals surface area (Å²) in [4.78, 5) is 0. The largest absolute Gasteiger partial charge is 0.455 e. The molecular formula is C48H28O2. The Hall–Kier alpha value is -6.64. The van der Waals surface area contributed by atoms with Crippen LogP contribution in [0.3, 0.4) is 0 Å². The Morgan fingerprint density at radius 3 is 1.48 bits per heavy atom. The zero-order valence-electron chi connectivity index (χ0n) is 27.0. The Kier molecular flexibility index (Phi) is 5.70. The van der Waals surface area contributed by atoms with Crippen molar-refractivity contribution in [3.63, 3.8) is 0 Å². The van der Waals surface area contributed by atoms with E-state index >= 15 is 0 Å². The van der Waals surface area contributed by atoms with Crippen LogP contribution in [0.2, 0.25) is 0 Å². The van der Waals surface area contributed by atoms with Crippen LogP contribution in [-0.4, -0.2) is 0 Å². The van der Waals surface area contributed by atoms with Crippen molar-refractivity contribution in [1.82, 2.24) is 0 Å². The van der Waals surface area contributed by atoms with Gasteiger partial charge in [-0.05, 0) is 73.3 Å². The summed E-state index contributed by atoms with van der Waals surface area (Å²) in [6, 6.07) is 60.8. The Balaban J connectivity index is 1.23. The molecule has 0 aliphatic carbocycles. The second-order valence-corrected chi connectivity index (χ2v) is 13.2. The standard InChI is InChI=1S/C48H28O2/c1-2-16-32-30(13-1)28-41-35-18-8-10-26-43(35)50-48(41)46(32)45-38-21-5-3-19-36(38)44(37-20-4-6-22-39(37)45)31-15-11-14-29(27-31)33-23-12-24-40-34-17-7-9-25-42(34)49-47(33)40/h1-28H.